The number of β-amino-alcohol motifs (C(OH)–C–C–N with tert-alkyl or cyclic N) is 1. The number of rotatable bonds is 3. The molecule has 0 aliphatic carbocycles. The Morgan fingerprint density at radius 3 is 2.74 bits per heavy atom. The highest BCUT2D eigenvalue weighted by atomic mass is 79.9. The molecule has 0 bridgehead atoms. The van der Waals surface area contributed by atoms with E-state index in [9.17, 15) is 9.90 Å². The Bertz CT molecular complexity index is 510. The van der Waals surface area contributed by atoms with Crippen LogP contribution in [0.1, 0.15) is 35.7 Å². The minimum Gasteiger partial charge on any atom is -0.398 e. The molecule has 0 atom stereocenters. The third kappa shape index (κ3) is 2.77. The molecular formula is C14H19BrN2O2. The van der Waals surface area contributed by atoms with Crippen LogP contribution in [0.3, 0.4) is 0 Å². The first-order chi connectivity index (χ1) is 8.86. The third-order valence-electron chi connectivity index (χ3n) is 3.62. The maximum absolute atomic E-state index is 12.4. The van der Waals surface area contributed by atoms with Gasteiger partial charge in [-0.1, -0.05) is 29.3 Å². The summed E-state index contributed by atoms with van der Waals surface area (Å²) in [6, 6.07) is 3.57. The number of carbonyl (C=O) groups is 1. The first-order valence-electron chi connectivity index (χ1n) is 6.43. The number of likely N-dealkylation sites (tertiary alicyclic amines) is 1. The fourth-order valence-electron chi connectivity index (χ4n) is 2.52. The van der Waals surface area contributed by atoms with Crippen molar-refractivity contribution in [2.45, 2.75) is 32.3 Å². The molecule has 104 valence electrons. The van der Waals surface area contributed by atoms with Crippen molar-refractivity contribution in [2.24, 2.45) is 0 Å². The molecule has 1 aromatic carbocycles. The zero-order valence-corrected chi connectivity index (χ0v) is 12.8. The highest BCUT2D eigenvalue weighted by Gasteiger charge is 2.43. The molecule has 1 aliphatic heterocycles. The van der Waals surface area contributed by atoms with Crippen LogP contribution in [0.4, 0.5) is 5.69 Å². The number of benzene rings is 1. The summed E-state index contributed by atoms with van der Waals surface area (Å²) in [5.41, 5.74) is 7.16. The van der Waals surface area contributed by atoms with E-state index in [-0.39, 0.29) is 5.91 Å². The second-order valence-electron chi connectivity index (χ2n) is 5.30. The van der Waals surface area contributed by atoms with Crippen molar-refractivity contribution in [1.29, 1.82) is 0 Å². The van der Waals surface area contributed by atoms with Gasteiger partial charge in [-0.3, -0.25) is 4.79 Å². The van der Waals surface area contributed by atoms with Gasteiger partial charge in [0.2, 0.25) is 0 Å². The van der Waals surface area contributed by atoms with E-state index in [0.29, 0.717) is 24.3 Å². The van der Waals surface area contributed by atoms with E-state index in [0.717, 1.165) is 22.9 Å². The molecule has 5 heteroatoms. The van der Waals surface area contributed by atoms with E-state index in [1.807, 2.05) is 13.8 Å². The fraction of sp³-hybridized carbons (Fsp3) is 0.500. The third-order valence-corrected chi connectivity index (χ3v) is 4.07. The standard InChI is InChI=1S/C14H19BrN2O2/c1-3-4-14(19)7-17(8-14)13(18)11-5-10(15)6-12(16)9(11)2/h5-6,19H,3-4,7-8,16H2,1-2H3. The molecule has 0 radical (unpaired) electrons. The monoisotopic (exact) mass is 326 g/mol. The quantitative estimate of drug-likeness (QED) is 0.838. The van der Waals surface area contributed by atoms with E-state index in [2.05, 4.69) is 15.9 Å². The van der Waals surface area contributed by atoms with Crippen molar-refractivity contribution in [2.75, 3.05) is 18.8 Å². The summed E-state index contributed by atoms with van der Waals surface area (Å²) in [6.07, 6.45) is 1.65. The summed E-state index contributed by atoms with van der Waals surface area (Å²) in [4.78, 5) is 14.1. The number of carbonyl (C=O) groups excluding carboxylic acids is 1. The van der Waals surface area contributed by atoms with Crippen molar-refractivity contribution >= 4 is 27.5 Å². The Kier molecular flexibility index (Phi) is 3.87. The molecule has 0 spiro atoms. The average molecular weight is 327 g/mol. The lowest BCUT2D eigenvalue weighted by atomic mass is 9.88. The summed E-state index contributed by atoms with van der Waals surface area (Å²) >= 11 is 3.35. The molecule has 1 fully saturated rings. The normalized spacial score (nSPS) is 17.2. The summed E-state index contributed by atoms with van der Waals surface area (Å²) in [7, 11) is 0. The molecule has 1 heterocycles. The maximum Gasteiger partial charge on any atom is 0.254 e. The second-order valence-corrected chi connectivity index (χ2v) is 6.22. The van der Waals surface area contributed by atoms with E-state index in [4.69, 9.17) is 5.73 Å². The number of halogens is 1. The van der Waals surface area contributed by atoms with Crippen molar-refractivity contribution in [3.05, 3.63) is 27.7 Å². The molecule has 0 saturated carbocycles. The number of hydrogen-bond donors (Lipinski definition) is 2. The summed E-state index contributed by atoms with van der Waals surface area (Å²) in [5, 5.41) is 10.1. The highest BCUT2D eigenvalue weighted by molar-refractivity contribution is 9.10. The van der Waals surface area contributed by atoms with Gasteiger partial charge in [-0.2, -0.15) is 0 Å². The van der Waals surface area contributed by atoms with Crippen LogP contribution in [0.2, 0.25) is 0 Å². The summed E-state index contributed by atoms with van der Waals surface area (Å²) < 4.78 is 0.795. The van der Waals surface area contributed by atoms with Gasteiger partial charge >= 0.3 is 0 Å². The molecule has 2 rings (SSSR count). The van der Waals surface area contributed by atoms with Crippen molar-refractivity contribution in [3.8, 4) is 0 Å². The molecule has 1 aromatic rings. The molecule has 4 nitrogen and oxygen atoms in total. The first-order valence-corrected chi connectivity index (χ1v) is 7.23. The van der Waals surface area contributed by atoms with E-state index >= 15 is 0 Å². The molecule has 1 amide bonds. The molecule has 19 heavy (non-hydrogen) atoms. The number of anilines is 1. The number of nitrogens with two attached hydrogens (primary N) is 1. The van der Waals surface area contributed by atoms with E-state index in [1.54, 1.807) is 17.0 Å². The molecule has 0 unspecified atom stereocenters. The van der Waals surface area contributed by atoms with Gasteiger partial charge in [0.05, 0.1) is 18.7 Å². The van der Waals surface area contributed by atoms with Crippen LogP contribution in [0, 0.1) is 6.92 Å². The SMILES string of the molecule is CCCC1(O)CN(C(=O)c2cc(Br)cc(N)c2C)C1. The zero-order valence-electron chi connectivity index (χ0n) is 11.2. The predicted molar refractivity (Wildman–Crippen MR) is 79.1 cm³/mol. The van der Waals surface area contributed by atoms with Crippen molar-refractivity contribution in [3.63, 3.8) is 0 Å². The van der Waals surface area contributed by atoms with Gasteiger partial charge in [-0.25, -0.2) is 0 Å². The van der Waals surface area contributed by atoms with Crippen LogP contribution < -0.4 is 5.73 Å². The lowest BCUT2D eigenvalue weighted by molar-refractivity contribution is -0.0860. The van der Waals surface area contributed by atoms with Crippen molar-refractivity contribution < 1.29 is 9.90 Å². The van der Waals surface area contributed by atoms with E-state index < -0.39 is 5.60 Å². The van der Waals surface area contributed by atoms with Crippen LogP contribution in [-0.4, -0.2) is 34.6 Å². The molecule has 3 N–H and O–H groups in total. The van der Waals surface area contributed by atoms with Crippen LogP contribution in [-0.2, 0) is 0 Å². The minimum absolute atomic E-state index is 0.0636. The number of amides is 1. The summed E-state index contributed by atoms with van der Waals surface area (Å²) in [5.74, 6) is -0.0636. The van der Waals surface area contributed by atoms with E-state index in [1.165, 1.54) is 0 Å². The van der Waals surface area contributed by atoms with Gasteiger partial charge in [0.15, 0.2) is 0 Å². The van der Waals surface area contributed by atoms with Crippen LogP contribution >= 0.6 is 15.9 Å². The lowest BCUT2D eigenvalue weighted by Crippen LogP contribution is -2.63. The van der Waals surface area contributed by atoms with Gasteiger partial charge < -0.3 is 15.7 Å². The number of aliphatic hydroxyl groups is 1. The number of nitrogens with zero attached hydrogens (tertiary/aromatic N) is 1. The van der Waals surface area contributed by atoms with Crippen molar-refractivity contribution in [1.82, 2.24) is 4.90 Å². The summed E-state index contributed by atoms with van der Waals surface area (Å²) in [6.45, 7) is 4.69. The molecule has 0 aromatic heterocycles. The lowest BCUT2D eigenvalue weighted by Gasteiger charge is -2.46. The average Bonchev–Trinajstić information content (AvgIpc) is 2.30. The Hall–Kier alpha value is -1.07. The predicted octanol–water partition coefficient (Wildman–Crippen LogP) is 2.33. The Morgan fingerprint density at radius 2 is 2.16 bits per heavy atom. The topological polar surface area (TPSA) is 66.6 Å². The molecule has 1 saturated heterocycles. The maximum atomic E-state index is 12.4. The first kappa shape index (κ1) is 14.3. The van der Waals surface area contributed by atoms with Gasteiger partial charge in [-0.15, -0.1) is 0 Å². The van der Waals surface area contributed by atoms with Gasteiger partial charge in [0.25, 0.3) is 5.91 Å². The number of nitrogen functional groups attached to an aromatic ring is 1. The van der Waals surface area contributed by atoms with Gasteiger partial charge in [-0.05, 0) is 31.0 Å². The van der Waals surface area contributed by atoms with Crippen LogP contribution in [0.15, 0.2) is 16.6 Å². The Balaban J connectivity index is 2.15. The van der Waals surface area contributed by atoms with Crippen LogP contribution in [0.25, 0.3) is 0 Å². The fourth-order valence-corrected chi connectivity index (χ4v) is 3.00. The van der Waals surface area contributed by atoms with Gasteiger partial charge in [0, 0.05) is 15.7 Å². The second kappa shape index (κ2) is 5.13. The smallest absolute Gasteiger partial charge is 0.254 e. The number of hydrogen-bond acceptors (Lipinski definition) is 3. The zero-order chi connectivity index (χ0) is 14.2. The Labute approximate surface area is 121 Å². The van der Waals surface area contributed by atoms with Crippen LogP contribution in [0.5, 0.6) is 0 Å². The highest BCUT2D eigenvalue weighted by Crippen LogP contribution is 2.30. The largest absolute Gasteiger partial charge is 0.398 e. The molecule has 1 aliphatic rings. The Morgan fingerprint density at radius 1 is 1.53 bits per heavy atom. The van der Waals surface area contributed by atoms with Gasteiger partial charge in [0.1, 0.15) is 0 Å². The molecular weight excluding hydrogens is 308 g/mol. The minimum atomic E-state index is -0.699.